The number of halogens is 2. The fourth-order valence-electron chi connectivity index (χ4n) is 6.52. The third-order valence-corrected chi connectivity index (χ3v) is 9.20. The molecule has 0 spiro atoms. The number of ketones is 2. The summed E-state index contributed by atoms with van der Waals surface area (Å²) in [7, 11) is 1.39. The molecule has 2 aromatic rings. The van der Waals surface area contributed by atoms with Gasteiger partial charge in [-0.25, -0.2) is 0 Å². The van der Waals surface area contributed by atoms with Crippen LogP contribution < -0.4 is 9.64 Å². The van der Waals surface area contributed by atoms with Crippen molar-refractivity contribution < 1.29 is 29.0 Å². The van der Waals surface area contributed by atoms with Crippen molar-refractivity contribution in [2.75, 3.05) is 12.0 Å². The Balaban J connectivity index is 1.49. The molecule has 1 saturated heterocycles. The minimum absolute atomic E-state index is 0.0282. The second-order valence-electron chi connectivity index (χ2n) is 10.3. The van der Waals surface area contributed by atoms with Crippen LogP contribution >= 0.6 is 27.5 Å². The molecule has 2 aromatic carbocycles. The first-order chi connectivity index (χ1) is 19.2. The summed E-state index contributed by atoms with van der Waals surface area (Å²) in [6.45, 7) is 3.75. The Morgan fingerprint density at radius 2 is 1.82 bits per heavy atom. The van der Waals surface area contributed by atoms with Crippen LogP contribution in [-0.4, -0.2) is 35.6 Å². The molecule has 1 N–H and O–H groups in total. The molecule has 0 saturated carbocycles. The summed E-state index contributed by atoms with van der Waals surface area (Å²) >= 11 is 9.57. The van der Waals surface area contributed by atoms with E-state index in [0.717, 1.165) is 11.1 Å². The van der Waals surface area contributed by atoms with E-state index in [1.165, 1.54) is 18.1 Å². The highest BCUT2D eigenvalue weighted by Crippen LogP contribution is 2.56. The zero-order chi connectivity index (χ0) is 28.5. The smallest absolute Gasteiger partial charge is 0.238 e. The highest BCUT2D eigenvalue weighted by molar-refractivity contribution is 9.12. The fraction of sp³-hybridized carbons (Fsp3) is 0.226. The van der Waals surface area contributed by atoms with Crippen LogP contribution in [0.25, 0.3) is 6.08 Å². The molecule has 2 amide bonds. The minimum atomic E-state index is -0.709. The number of Topliss-reactive ketones (excluding diaryl/α,β-unsaturated/α-hetero) is 1. The van der Waals surface area contributed by atoms with E-state index in [-0.39, 0.29) is 50.8 Å². The fourth-order valence-corrected chi connectivity index (χ4v) is 7.18. The van der Waals surface area contributed by atoms with E-state index >= 15 is 0 Å². The van der Waals surface area contributed by atoms with Crippen LogP contribution in [-0.2, 0) is 19.2 Å². The Hall–Kier alpha value is -3.75. The lowest BCUT2D eigenvalue weighted by atomic mass is 9.59. The van der Waals surface area contributed by atoms with Crippen molar-refractivity contribution >= 4 is 62.7 Å². The molecule has 7 nitrogen and oxygen atoms in total. The van der Waals surface area contributed by atoms with Gasteiger partial charge in [0.25, 0.3) is 0 Å². The van der Waals surface area contributed by atoms with Crippen molar-refractivity contribution in [3.8, 4) is 11.5 Å². The van der Waals surface area contributed by atoms with Gasteiger partial charge in [-0.15, -0.1) is 0 Å². The van der Waals surface area contributed by atoms with Gasteiger partial charge in [-0.2, -0.15) is 0 Å². The van der Waals surface area contributed by atoms with Crippen LogP contribution in [0.3, 0.4) is 0 Å². The molecular formula is C31H23BrClNO6. The summed E-state index contributed by atoms with van der Waals surface area (Å²) in [5.41, 5.74) is 3.29. The highest BCUT2D eigenvalue weighted by atomic mass is 79.9. The van der Waals surface area contributed by atoms with E-state index < -0.39 is 23.7 Å². The molecule has 0 aromatic heterocycles. The quantitative estimate of drug-likeness (QED) is 0.269. The average molecular weight is 621 g/mol. The number of benzene rings is 2. The summed E-state index contributed by atoms with van der Waals surface area (Å²) in [5, 5.41) is 10.4. The van der Waals surface area contributed by atoms with Gasteiger partial charge in [-0.3, -0.25) is 24.1 Å². The molecule has 4 aliphatic rings. The molecule has 1 fully saturated rings. The molecule has 1 heterocycles. The lowest BCUT2D eigenvalue weighted by Gasteiger charge is -2.42. The maximum Gasteiger partial charge on any atom is 0.238 e. The van der Waals surface area contributed by atoms with Gasteiger partial charge < -0.3 is 9.84 Å². The van der Waals surface area contributed by atoms with Crippen LogP contribution in [0.2, 0.25) is 5.02 Å². The lowest BCUT2D eigenvalue weighted by Crippen LogP contribution is -2.39. The molecule has 202 valence electrons. The van der Waals surface area contributed by atoms with E-state index in [2.05, 4.69) is 22.5 Å². The van der Waals surface area contributed by atoms with Gasteiger partial charge in [-0.05, 0) is 70.1 Å². The number of carbonyl (C=O) groups excluding carboxylic acids is 4. The second kappa shape index (κ2) is 9.71. The number of aromatic hydroxyl groups is 1. The Bertz CT molecular complexity index is 1640. The number of anilines is 1. The monoisotopic (exact) mass is 619 g/mol. The molecule has 3 aliphatic carbocycles. The van der Waals surface area contributed by atoms with Crippen LogP contribution in [0.4, 0.5) is 5.69 Å². The van der Waals surface area contributed by atoms with Gasteiger partial charge >= 0.3 is 0 Å². The SMILES string of the molecule is C=Cc1ccc(N2C(=O)C3CC=C4C(c5cc(Cl)c(O)c(OC)c5)C5=C(CC4C3C2=O)C(=O)C(Br)=CC5=O)cc1. The second-order valence-corrected chi connectivity index (χ2v) is 11.5. The number of fused-ring (bicyclic) bond motifs is 3. The summed E-state index contributed by atoms with van der Waals surface area (Å²) < 4.78 is 5.47. The zero-order valence-corrected chi connectivity index (χ0v) is 23.7. The van der Waals surface area contributed by atoms with Crippen LogP contribution in [0.5, 0.6) is 11.5 Å². The number of hydrogen-bond acceptors (Lipinski definition) is 6. The first-order valence-electron chi connectivity index (χ1n) is 12.7. The van der Waals surface area contributed by atoms with E-state index in [9.17, 15) is 24.3 Å². The van der Waals surface area contributed by atoms with Crippen molar-refractivity contribution in [2.24, 2.45) is 17.8 Å². The Labute approximate surface area is 243 Å². The molecule has 40 heavy (non-hydrogen) atoms. The number of ether oxygens (including phenoxy) is 1. The number of hydrogen-bond donors (Lipinski definition) is 1. The third kappa shape index (κ3) is 3.84. The molecular weight excluding hydrogens is 598 g/mol. The molecule has 6 rings (SSSR count). The van der Waals surface area contributed by atoms with Gasteiger partial charge in [0.15, 0.2) is 23.1 Å². The first-order valence-corrected chi connectivity index (χ1v) is 13.9. The maximum atomic E-state index is 14.0. The van der Waals surface area contributed by atoms with E-state index in [1.54, 1.807) is 42.5 Å². The largest absolute Gasteiger partial charge is 0.503 e. The number of methoxy groups -OCH3 is 1. The van der Waals surface area contributed by atoms with E-state index in [0.29, 0.717) is 28.8 Å². The predicted molar refractivity (Wildman–Crippen MR) is 153 cm³/mol. The number of phenols is 1. The molecule has 0 bridgehead atoms. The van der Waals surface area contributed by atoms with Crippen molar-refractivity contribution in [3.05, 3.63) is 92.5 Å². The van der Waals surface area contributed by atoms with Crippen LogP contribution in [0.1, 0.15) is 29.9 Å². The van der Waals surface area contributed by atoms with Crippen LogP contribution in [0, 0.1) is 17.8 Å². The summed E-state index contributed by atoms with van der Waals surface area (Å²) in [6.07, 6.45) is 5.33. The Morgan fingerprint density at radius 3 is 2.50 bits per heavy atom. The molecule has 4 atom stereocenters. The summed E-state index contributed by atoms with van der Waals surface area (Å²) in [4.78, 5) is 55.6. The predicted octanol–water partition coefficient (Wildman–Crippen LogP) is 5.66. The molecule has 1 aliphatic heterocycles. The maximum absolute atomic E-state index is 14.0. The van der Waals surface area contributed by atoms with Crippen molar-refractivity contribution in [1.82, 2.24) is 0 Å². The number of rotatable bonds is 4. The van der Waals surface area contributed by atoms with Crippen molar-refractivity contribution in [3.63, 3.8) is 0 Å². The number of phenolic OH excluding ortho intramolecular Hbond substituents is 1. The number of carbonyl (C=O) groups is 4. The lowest BCUT2D eigenvalue weighted by molar-refractivity contribution is -0.123. The van der Waals surface area contributed by atoms with Crippen LogP contribution in [0.15, 0.2) is 76.3 Å². The average Bonchev–Trinajstić information content (AvgIpc) is 3.21. The van der Waals surface area contributed by atoms with Gasteiger partial charge in [0.05, 0.1) is 34.1 Å². The molecule has 4 unspecified atom stereocenters. The topological polar surface area (TPSA) is 101 Å². The normalized spacial score (nSPS) is 25.7. The van der Waals surface area contributed by atoms with Crippen molar-refractivity contribution in [2.45, 2.75) is 18.8 Å². The van der Waals surface area contributed by atoms with E-state index in [1.807, 2.05) is 6.08 Å². The minimum Gasteiger partial charge on any atom is -0.503 e. The number of allylic oxidation sites excluding steroid dienone is 6. The van der Waals surface area contributed by atoms with Gasteiger partial charge in [0, 0.05) is 23.1 Å². The van der Waals surface area contributed by atoms with Gasteiger partial charge in [-0.1, -0.05) is 48.0 Å². The van der Waals surface area contributed by atoms with Gasteiger partial charge in [0.1, 0.15) is 0 Å². The van der Waals surface area contributed by atoms with E-state index in [4.69, 9.17) is 16.3 Å². The van der Waals surface area contributed by atoms with Crippen molar-refractivity contribution in [1.29, 1.82) is 0 Å². The Morgan fingerprint density at radius 1 is 1.10 bits per heavy atom. The number of nitrogens with zero attached hydrogens (tertiary/aromatic N) is 1. The molecule has 0 radical (unpaired) electrons. The van der Waals surface area contributed by atoms with Gasteiger partial charge in [0.2, 0.25) is 11.8 Å². The zero-order valence-electron chi connectivity index (χ0n) is 21.3. The number of amides is 2. The molecule has 9 heteroatoms. The third-order valence-electron chi connectivity index (χ3n) is 8.32. The first kappa shape index (κ1) is 26.5. The number of imide groups is 1. The highest BCUT2D eigenvalue weighted by Gasteiger charge is 2.56. The standard InChI is InChI=1S/C31H23BrClNO6/c1-3-14-4-6-16(7-5-14)34-30(38)18-9-8-17-19(26(18)31(34)39)12-20-27(23(35)13-21(32)28(20)36)25(17)15-10-22(33)29(37)24(11-15)40-2/h3-8,10-11,13,18-19,25-26,37H,1,9,12H2,2H3. The summed E-state index contributed by atoms with van der Waals surface area (Å²) in [6, 6.07) is 10.2. The summed E-state index contributed by atoms with van der Waals surface area (Å²) in [5.74, 6) is -3.88. The Kier molecular flexibility index (Phi) is 6.43.